The normalized spacial score (nSPS) is 15.7. The summed E-state index contributed by atoms with van der Waals surface area (Å²) in [5.41, 5.74) is 0.840. The molecule has 1 heterocycles. The Morgan fingerprint density at radius 3 is 2.61 bits per heavy atom. The van der Waals surface area contributed by atoms with Crippen LogP contribution in [0, 0.1) is 0 Å². The van der Waals surface area contributed by atoms with Gasteiger partial charge in [-0.05, 0) is 43.1 Å². The topological polar surface area (TPSA) is 97.0 Å². The quantitative estimate of drug-likeness (QED) is 0.463. The van der Waals surface area contributed by atoms with E-state index in [-0.39, 0.29) is 28.0 Å². The van der Waals surface area contributed by atoms with Crippen LogP contribution in [0.4, 0.5) is 0 Å². The highest BCUT2D eigenvalue weighted by Crippen LogP contribution is 2.27. The summed E-state index contributed by atoms with van der Waals surface area (Å²) in [6.45, 7) is 4.50. The summed E-state index contributed by atoms with van der Waals surface area (Å²) in [6, 6.07) is 12.6. The number of benzene rings is 2. The molecule has 1 fully saturated rings. The molecule has 0 aliphatic carbocycles. The van der Waals surface area contributed by atoms with Crippen LogP contribution in [0.15, 0.2) is 53.4 Å². The average Bonchev–Trinajstić information content (AvgIpc) is 2.82. The summed E-state index contributed by atoms with van der Waals surface area (Å²) >= 11 is 6.02. The van der Waals surface area contributed by atoms with E-state index in [9.17, 15) is 13.2 Å². The summed E-state index contributed by atoms with van der Waals surface area (Å²) in [6.07, 6.45) is 0.969. The summed E-state index contributed by atoms with van der Waals surface area (Å²) in [7, 11) is -2.70. The van der Waals surface area contributed by atoms with Crippen molar-refractivity contribution in [1.82, 2.24) is 14.9 Å². The van der Waals surface area contributed by atoms with Gasteiger partial charge in [0.25, 0.3) is 0 Å². The first-order valence-corrected chi connectivity index (χ1v) is 12.7. The van der Waals surface area contributed by atoms with E-state index in [0.29, 0.717) is 6.54 Å². The Labute approximate surface area is 200 Å². The van der Waals surface area contributed by atoms with Gasteiger partial charge in [-0.15, -0.1) is 0 Å². The first-order valence-electron chi connectivity index (χ1n) is 10.9. The highest BCUT2D eigenvalue weighted by molar-refractivity contribution is 7.89. The number of nitrogens with zero attached hydrogens (tertiary/aromatic N) is 1. The van der Waals surface area contributed by atoms with Crippen LogP contribution in [-0.2, 0) is 26.0 Å². The van der Waals surface area contributed by atoms with Crippen LogP contribution in [0.2, 0.25) is 5.02 Å². The lowest BCUT2D eigenvalue weighted by Gasteiger charge is -2.26. The third kappa shape index (κ3) is 7.68. The van der Waals surface area contributed by atoms with Crippen LogP contribution in [0.3, 0.4) is 0 Å². The van der Waals surface area contributed by atoms with E-state index >= 15 is 0 Å². The molecule has 2 N–H and O–H groups in total. The molecule has 0 spiro atoms. The third-order valence-corrected chi connectivity index (χ3v) is 7.09. The van der Waals surface area contributed by atoms with Gasteiger partial charge in [-0.2, -0.15) is 4.72 Å². The van der Waals surface area contributed by atoms with Crippen molar-refractivity contribution in [1.29, 1.82) is 0 Å². The number of methoxy groups -OCH3 is 1. The molecular weight excluding hydrogens is 466 g/mol. The molecule has 1 aliphatic heterocycles. The van der Waals surface area contributed by atoms with Gasteiger partial charge in [-0.1, -0.05) is 41.9 Å². The van der Waals surface area contributed by atoms with E-state index in [1.165, 1.54) is 19.2 Å². The SMILES string of the molecule is COc1ccc(Cl)cc1S(=O)(=O)N[C@@H](Cc1ccccc1)C(=O)NCCCN1CCOCC1. The standard InChI is InChI=1S/C23H30ClN3O5S/c1-31-21-9-8-19(24)17-22(21)33(29,30)26-20(16-18-6-3-2-4-7-18)23(28)25-10-5-11-27-12-14-32-15-13-27/h2-4,6-9,17,20,26H,5,10-16H2,1H3,(H,25,28)/t20-/m0/s1. The molecule has 1 amide bonds. The molecule has 8 nitrogen and oxygen atoms in total. The molecule has 180 valence electrons. The van der Waals surface area contributed by atoms with Crippen LogP contribution < -0.4 is 14.8 Å². The lowest BCUT2D eigenvalue weighted by molar-refractivity contribution is -0.122. The molecule has 0 radical (unpaired) electrons. The molecule has 2 aromatic carbocycles. The molecule has 0 unspecified atom stereocenters. The average molecular weight is 496 g/mol. The van der Waals surface area contributed by atoms with E-state index in [0.717, 1.165) is 44.8 Å². The number of ether oxygens (including phenoxy) is 2. The summed E-state index contributed by atoms with van der Waals surface area (Å²) < 4.78 is 39.4. The lowest BCUT2D eigenvalue weighted by atomic mass is 10.1. The van der Waals surface area contributed by atoms with Crippen LogP contribution >= 0.6 is 11.6 Å². The fraction of sp³-hybridized carbons (Fsp3) is 0.435. The number of hydrogen-bond donors (Lipinski definition) is 2. The van der Waals surface area contributed by atoms with Crippen molar-refractivity contribution in [3.8, 4) is 5.75 Å². The number of sulfonamides is 1. The number of rotatable bonds is 11. The molecule has 1 atom stereocenters. The number of carbonyl (C=O) groups is 1. The Morgan fingerprint density at radius 1 is 1.18 bits per heavy atom. The molecule has 0 aromatic heterocycles. The second-order valence-corrected chi connectivity index (χ2v) is 9.88. The Balaban J connectivity index is 1.69. The van der Waals surface area contributed by atoms with Crippen molar-refractivity contribution in [2.24, 2.45) is 0 Å². The predicted molar refractivity (Wildman–Crippen MR) is 127 cm³/mol. The van der Waals surface area contributed by atoms with E-state index < -0.39 is 16.1 Å². The predicted octanol–water partition coefficient (Wildman–Crippen LogP) is 2.08. The summed E-state index contributed by atoms with van der Waals surface area (Å²) in [5.74, 6) is -0.235. The fourth-order valence-electron chi connectivity index (χ4n) is 3.61. The fourth-order valence-corrected chi connectivity index (χ4v) is 5.24. The molecule has 3 rings (SSSR count). The number of morpholine rings is 1. The van der Waals surface area contributed by atoms with Gasteiger partial charge >= 0.3 is 0 Å². The largest absolute Gasteiger partial charge is 0.495 e. The molecule has 0 bridgehead atoms. The zero-order valence-corrected chi connectivity index (χ0v) is 20.2. The van der Waals surface area contributed by atoms with Gasteiger partial charge < -0.3 is 14.8 Å². The van der Waals surface area contributed by atoms with Crippen molar-refractivity contribution in [3.05, 3.63) is 59.1 Å². The van der Waals surface area contributed by atoms with Gasteiger partial charge in [0, 0.05) is 24.7 Å². The van der Waals surface area contributed by atoms with E-state index in [1.807, 2.05) is 30.3 Å². The van der Waals surface area contributed by atoms with E-state index in [4.69, 9.17) is 21.1 Å². The summed E-state index contributed by atoms with van der Waals surface area (Å²) in [4.78, 5) is 15.2. The number of carbonyl (C=O) groups excluding carboxylic acids is 1. The van der Waals surface area contributed by atoms with Gasteiger partial charge in [0.2, 0.25) is 15.9 Å². The van der Waals surface area contributed by atoms with Crippen LogP contribution in [0.5, 0.6) is 5.75 Å². The van der Waals surface area contributed by atoms with Gasteiger partial charge in [0.1, 0.15) is 16.7 Å². The minimum Gasteiger partial charge on any atom is -0.495 e. The van der Waals surface area contributed by atoms with E-state index in [2.05, 4.69) is 14.9 Å². The summed E-state index contributed by atoms with van der Waals surface area (Å²) in [5, 5.41) is 3.13. The second-order valence-electron chi connectivity index (χ2n) is 7.76. The minimum absolute atomic E-state index is 0.115. The smallest absolute Gasteiger partial charge is 0.245 e. The lowest BCUT2D eigenvalue weighted by Crippen LogP contribution is -2.48. The van der Waals surface area contributed by atoms with Gasteiger partial charge in [0.05, 0.1) is 20.3 Å². The van der Waals surface area contributed by atoms with Gasteiger partial charge in [-0.25, -0.2) is 8.42 Å². The van der Waals surface area contributed by atoms with Crippen LogP contribution in [0.25, 0.3) is 0 Å². The monoisotopic (exact) mass is 495 g/mol. The Morgan fingerprint density at radius 2 is 1.91 bits per heavy atom. The van der Waals surface area contributed by atoms with Crippen LogP contribution in [-0.4, -0.2) is 71.8 Å². The zero-order valence-electron chi connectivity index (χ0n) is 18.6. The van der Waals surface area contributed by atoms with Crippen LogP contribution in [0.1, 0.15) is 12.0 Å². The van der Waals surface area contributed by atoms with Crippen molar-refractivity contribution in [3.63, 3.8) is 0 Å². The van der Waals surface area contributed by atoms with Gasteiger partial charge in [0.15, 0.2) is 0 Å². The van der Waals surface area contributed by atoms with Crippen molar-refractivity contribution >= 4 is 27.5 Å². The molecule has 10 heteroatoms. The zero-order chi connectivity index (χ0) is 23.7. The molecule has 1 aliphatic rings. The minimum atomic E-state index is -4.08. The van der Waals surface area contributed by atoms with Crippen molar-refractivity contribution < 1.29 is 22.7 Å². The highest BCUT2D eigenvalue weighted by atomic mass is 35.5. The first kappa shape index (κ1) is 25.5. The molecule has 1 saturated heterocycles. The molecular formula is C23H30ClN3O5S. The number of nitrogens with one attached hydrogen (secondary N) is 2. The van der Waals surface area contributed by atoms with Crippen molar-refractivity contribution in [2.75, 3.05) is 46.5 Å². The van der Waals surface area contributed by atoms with Gasteiger partial charge in [-0.3, -0.25) is 9.69 Å². The number of amides is 1. The maximum absolute atomic E-state index is 13.2. The highest BCUT2D eigenvalue weighted by Gasteiger charge is 2.28. The second kappa shape index (κ2) is 12.3. The Hall–Kier alpha value is -2.17. The third-order valence-electron chi connectivity index (χ3n) is 5.37. The molecule has 33 heavy (non-hydrogen) atoms. The number of halogens is 1. The maximum Gasteiger partial charge on any atom is 0.245 e. The maximum atomic E-state index is 13.2. The Bertz CT molecular complexity index is 1010. The molecule has 2 aromatic rings. The number of hydrogen-bond acceptors (Lipinski definition) is 6. The molecule has 0 saturated carbocycles. The Kier molecular flexibility index (Phi) is 9.52. The first-order chi connectivity index (χ1) is 15.9. The van der Waals surface area contributed by atoms with Crippen molar-refractivity contribution in [2.45, 2.75) is 23.8 Å². The van der Waals surface area contributed by atoms with E-state index in [1.54, 1.807) is 6.07 Å².